The fourth-order valence-electron chi connectivity index (χ4n) is 2.12. The van der Waals surface area contributed by atoms with Crippen LogP contribution >= 0.6 is 0 Å². The number of hydrogen-bond donors (Lipinski definition) is 1. The molecule has 0 atom stereocenters. The lowest BCUT2D eigenvalue weighted by molar-refractivity contribution is 0.264. The average Bonchev–Trinajstić information content (AvgIpc) is 2.09. The van der Waals surface area contributed by atoms with Gasteiger partial charge in [-0.2, -0.15) is 0 Å². The molecule has 0 heterocycles. The largest absolute Gasteiger partial charge is 0.328 e. The second-order valence-corrected chi connectivity index (χ2v) is 4.39. The Labute approximate surface area is 84.1 Å². The predicted octanol–water partition coefficient (Wildman–Crippen LogP) is 2.41. The summed E-state index contributed by atoms with van der Waals surface area (Å²) in [5, 5.41) is 0. The number of nitrogens with two attached hydrogens (primary N) is 1. The van der Waals surface area contributed by atoms with Gasteiger partial charge in [0.1, 0.15) is 5.82 Å². The summed E-state index contributed by atoms with van der Waals surface area (Å²) in [5.74, 6) is 0.605. The zero-order valence-electron chi connectivity index (χ0n) is 8.46. The molecule has 0 unspecified atom stereocenters. The smallest absolute Gasteiger partial charge is 0.126 e. The lowest BCUT2D eigenvalue weighted by atomic mass is 9.77. The van der Waals surface area contributed by atoms with E-state index in [9.17, 15) is 4.39 Å². The van der Waals surface area contributed by atoms with Gasteiger partial charge >= 0.3 is 0 Å². The van der Waals surface area contributed by atoms with Crippen LogP contribution in [0.15, 0.2) is 18.2 Å². The highest BCUT2D eigenvalue weighted by molar-refractivity contribution is 5.24. The highest BCUT2D eigenvalue weighted by atomic mass is 19.1. The Kier molecular flexibility index (Phi) is 2.55. The molecular weight excluding hydrogens is 177 g/mol. The van der Waals surface area contributed by atoms with Gasteiger partial charge in [0.05, 0.1) is 0 Å². The van der Waals surface area contributed by atoms with Gasteiger partial charge in [-0.05, 0) is 49.3 Å². The van der Waals surface area contributed by atoms with Crippen LogP contribution in [-0.4, -0.2) is 6.04 Å². The molecule has 1 aliphatic carbocycles. The zero-order chi connectivity index (χ0) is 10.1. The first-order valence-corrected chi connectivity index (χ1v) is 5.16. The molecule has 0 aliphatic heterocycles. The Morgan fingerprint density at radius 3 is 2.71 bits per heavy atom. The zero-order valence-corrected chi connectivity index (χ0v) is 8.46. The molecule has 1 nitrogen and oxygen atoms in total. The van der Waals surface area contributed by atoms with Crippen LogP contribution in [0.2, 0.25) is 0 Å². The van der Waals surface area contributed by atoms with Crippen molar-refractivity contribution in [1.82, 2.24) is 0 Å². The summed E-state index contributed by atoms with van der Waals surface area (Å²) in [5.41, 5.74) is 7.70. The molecule has 2 heteroatoms. The molecule has 0 aromatic heterocycles. The van der Waals surface area contributed by atoms with Gasteiger partial charge in [0.25, 0.3) is 0 Å². The summed E-state index contributed by atoms with van der Waals surface area (Å²) in [7, 11) is 0. The Bertz CT molecular complexity index is 329. The summed E-state index contributed by atoms with van der Waals surface area (Å²) in [4.78, 5) is 0. The summed E-state index contributed by atoms with van der Waals surface area (Å²) >= 11 is 0. The van der Waals surface area contributed by atoms with E-state index >= 15 is 0 Å². The van der Waals surface area contributed by atoms with Crippen molar-refractivity contribution in [3.05, 3.63) is 35.1 Å². The van der Waals surface area contributed by atoms with E-state index in [-0.39, 0.29) is 5.82 Å². The van der Waals surface area contributed by atoms with Gasteiger partial charge in [-0.1, -0.05) is 12.1 Å². The van der Waals surface area contributed by atoms with E-state index in [2.05, 4.69) is 0 Å². The second kappa shape index (κ2) is 3.70. The van der Waals surface area contributed by atoms with Gasteiger partial charge in [-0.15, -0.1) is 0 Å². The minimum Gasteiger partial charge on any atom is -0.328 e. The second-order valence-electron chi connectivity index (χ2n) is 4.39. The lowest BCUT2D eigenvalue weighted by Crippen LogP contribution is -2.37. The molecule has 1 fully saturated rings. The van der Waals surface area contributed by atoms with E-state index in [1.807, 2.05) is 19.1 Å². The van der Waals surface area contributed by atoms with Crippen LogP contribution in [0.3, 0.4) is 0 Å². The van der Waals surface area contributed by atoms with Gasteiger partial charge in [0.2, 0.25) is 0 Å². The third-order valence-corrected chi connectivity index (χ3v) is 3.02. The minimum absolute atomic E-state index is 0.112. The van der Waals surface area contributed by atoms with Gasteiger partial charge in [0.15, 0.2) is 0 Å². The van der Waals surface area contributed by atoms with Gasteiger partial charge in [-0.25, -0.2) is 4.39 Å². The number of rotatable bonds is 2. The number of hydrogen-bond acceptors (Lipinski definition) is 1. The van der Waals surface area contributed by atoms with Crippen molar-refractivity contribution in [2.75, 3.05) is 0 Å². The van der Waals surface area contributed by atoms with E-state index in [1.54, 1.807) is 6.07 Å². The molecule has 2 rings (SSSR count). The molecule has 0 amide bonds. The highest BCUT2D eigenvalue weighted by Crippen LogP contribution is 2.29. The Hall–Kier alpha value is -0.890. The Morgan fingerprint density at radius 2 is 2.14 bits per heavy atom. The summed E-state index contributed by atoms with van der Waals surface area (Å²) < 4.78 is 13.0. The SMILES string of the molecule is Cc1cc(CC2CC(N)C2)ccc1F. The van der Waals surface area contributed by atoms with Crippen molar-refractivity contribution in [2.24, 2.45) is 11.7 Å². The molecule has 0 radical (unpaired) electrons. The maximum atomic E-state index is 13.0. The maximum Gasteiger partial charge on any atom is 0.126 e. The lowest BCUT2D eigenvalue weighted by Gasteiger charge is -2.32. The van der Waals surface area contributed by atoms with Gasteiger partial charge < -0.3 is 5.73 Å². The first kappa shape index (κ1) is 9.66. The number of halogens is 1. The van der Waals surface area contributed by atoms with Crippen LogP contribution < -0.4 is 5.73 Å². The van der Waals surface area contributed by atoms with E-state index in [0.717, 1.165) is 30.7 Å². The van der Waals surface area contributed by atoms with Crippen LogP contribution in [0.4, 0.5) is 4.39 Å². The number of benzene rings is 1. The molecule has 1 aromatic rings. The van der Waals surface area contributed by atoms with E-state index in [4.69, 9.17) is 5.73 Å². The third-order valence-electron chi connectivity index (χ3n) is 3.02. The highest BCUT2D eigenvalue weighted by Gasteiger charge is 2.25. The van der Waals surface area contributed by atoms with E-state index in [1.165, 1.54) is 5.56 Å². The topological polar surface area (TPSA) is 26.0 Å². The van der Waals surface area contributed by atoms with Crippen LogP contribution in [0.5, 0.6) is 0 Å². The van der Waals surface area contributed by atoms with Crippen molar-refractivity contribution in [2.45, 2.75) is 32.2 Å². The molecular formula is C12H16FN. The van der Waals surface area contributed by atoms with Crippen molar-refractivity contribution in [1.29, 1.82) is 0 Å². The monoisotopic (exact) mass is 193 g/mol. The van der Waals surface area contributed by atoms with Crippen molar-refractivity contribution in [3.8, 4) is 0 Å². The van der Waals surface area contributed by atoms with Crippen LogP contribution in [0, 0.1) is 18.7 Å². The van der Waals surface area contributed by atoms with Crippen LogP contribution in [0.1, 0.15) is 24.0 Å². The quantitative estimate of drug-likeness (QED) is 0.767. The van der Waals surface area contributed by atoms with Crippen LogP contribution in [-0.2, 0) is 6.42 Å². The summed E-state index contributed by atoms with van der Waals surface area (Å²) in [6.07, 6.45) is 3.29. The third kappa shape index (κ3) is 1.95. The van der Waals surface area contributed by atoms with Gasteiger partial charge in [-0.3, -0.25) is 0 Å². The average molecular weight is 193 g/mol. The van der Waals surface area contributed by atoms with E-state index < -0.39 is 0 Å². The molecule has 0 spiro atoms. The molecule has 14 heavy (non-hydrogen) atoms. The molecule has 1 saturated carbocycles. The molecule has 1 aromatic carbocycles. The fraction of sp³-hybridized carbons (Fsp3) is 0.500. The van der Waals surface area contributed by atoms with Gasteiger partial charge in [0, 0.05) is 6.04 Å². The summed E-state index contributed by atoms with van der Waals surface area (Å²) in [6.45, 7) is 1.81. The Morgan fingerprint density at radius 1 is 1.43 bits per heavy atom. The van der Waals surface area contributed by atoms with Crippen molar-refractivity contribution in [3.63, 3.8) is 0 Å². The maximum absolute atomic E-state index is 13.0. The molecule has 76 valence electrons. The number of aryl methyl sites for hydroxylation is 1. The molecule has 0 saturated heterocycles. The van der Waals surface area contributed by atoms with E-state index in [0.29, 0.717) is 6.04 Å². The van der Waals surface area contributed by atoms with Crippen molar-refractivity contribution >= 4 is 0 Å². The minimum atomic E-state index is -0.112. The first-order chi connectivity index (χ1) is 6.65. The molecule has 1 aliphatic rings. The molecule has 0 bridgehead atoms. The predicted molar refractivity (Wildman–Crippen MR) is 55.5 cm³/mol. The van der Waals surface area contributed by atoms with Crippen LogP contribution in [0.25, 0.3) is 0 Å². The first-order valence-electron chi connectivity index (χ1n) is 5.16. The standard InChI is InChI=1S/C12H16FN/c1-8-4-9(2-3-12(8)13)5-10-6-11(14)7-10/h2-4,10-11H,5-7,14H2,1H3. The molecule has 2 N–H and O–H groups in total. The Balaban J connectivity index is 2.00. The van der Waals surface area contributed by atoms with Crippen molar-refractivity contribution < 1.29 is 4.39 Å². The summed E-state index contributed by atoms with van der Waals surface area (Å²) in [6, 6.07) is 5.79. The normalized spacial score (nSPS) is 25.9. The fourth-order valence-corrected chi connectivity index (χ4v) is 2.12.